The predicted octanol–water partition coefficient (Wildman–Crippen LogP) is 1.84. The highest BCUT2D eigenvalue weighted by Gasteiger charge is 2.23. The van der Waals surface area contributed by atoms with E-state index in [0.29, 0.717) is 12.6 Å². The molecule has 0 atom stereocenters. The Morgan fingerprint density at radius 3 is 2.65 bits per heavy atom. The van der Waals surface area contributed by atoms with Crippen molar-refractivity contribution >= 4 is 5.91 Å². The zero-order chi connectivity index (χ0) is 14.4. The molecule has 0 unspecified atom stereocenters. The van der Waals surface area contributed by atoms with E-state index in [4.69, 9.17) is 4.74 Å². The Kier molecular flexibility index (Phi) is 5.41. The minimum absolute atomic E-state index is 0.152. The van der Waals surface area contributed by atoms with Crippen LogP contribution in [-0.2, 0) is 11.2 Å². The number of nitrogens with one attached hydrogen (secondary N) is 1. The lowest BCUT2D eigenvalue weighted by Gasteiger charge is -2.16. The molecule has 1 aromatic rings. The third kappa shape index (κ3) is 5.21. The van der Waals surface area contributed by atoms with E-state index in [2.05, 4.69) is 22.3 Å². The average molecular weight is 276 g/mol. The smallest absolute Gasteiger partial charge is 0.234 e. The van der Waals surface area contributed by atoms with Crippen molar-refractivity contribution in [3.05, 3.63) is 29.8 Å². The molecule has 0 bridgehead atoms. The van der Waals surface area contributed by atoms with Crippen LogP contribution in [0.25, 0.3) is 0 Å². The number of hydrogen-bond acceptors (Lipinski definition) is 3. The molecule has 1 N–H and O–H groups in total. The highest BCUT2D eigenvalue weighted by Crippen LogP contribution is 2.18. The van der Waals surface area contributed by atoms with Gasteiger partial charge in [0.25, 0.3) is 0 Å². The zero-order valence-electron chi connectivity index (χ0n) is 12.4. The van der Waals surface area contributed by atoms with Crippen LogP contribution in [0.2, 0.25) is 0 Å². The summed E-state index contributed by atoms with van der Waals surface area (Å²) in [5.74, 6) is 1.04. The fourth-order valence-corrected chi connectivity index (χ4v) is 2.17. The fraction of sp³-hybridized carbons (Fsp3) is 0.562. The Labute approximate surface area is 121 Å². The summed E-state index contributed by atoms with van der Waals surface area (Å²) in [5.41, 5.74) is 1.31. The number of carbonyl (C=O) groups excluding carboxylic acids is 1. The minimum atomic E-state index is 0.152. The Morgan fingerprint density at radius 2 is 2.05 bits per heavy atom. The fourth-order valence-electron chi connectivity index (χ4n) is 2.17. The monoisotopic (exact) mass is 276 g/mol. The molecule has 110 valence electrons. The van der Waals surface area contributed by atoms with Gasteiger partial charge in [-0.2, -0.15) is 0 Å². The third-order valence-electron chi connectivity index (χ3n) is 3.52. The number of amides is 1. The molecule has 1 aliphatic carbocycles. The molecule has 0 heterocycles. The van der Waals surface area contributed by atoms with Crippen molar-refractivity contribution in [2.75, 3.05) is 27.2 Å². The topological polar surface area (TPSA) is 41.6 Å². The van der Waals surface area contributed by atoms with Gasteiger partial charge in [0.05, 0.1) is 13.7 Å². The normalized spacial score (nSPS) is 14.3. The number of likely N-dealkylation sites (N-methyl/N-ethyl adjacent to an activating group) is 1. The minimum Gasteiger partial charge on any atom is -0.497 e. The van der Waals surface area contributed by atoms with Crippen molar-refractivity contribution in [2.24, 2.45) is 0 Å². The first-order valence-electron chi connectivity index (χ1n) is 7.28. The molecule has 1 fully saturated rings. The second-order valence-corrected chi connectivity index (χ2v) is 5.53. The molecule has 2 rings (SSSR count). The van der Waals surface area contributed by atoms with Crippen LogP contribution in [0.5, 0.6) is 5.75 Å². The summed E-state index contributed by atoms with van der Waals surface area (Å²) in [5, 5.41) is 3.01. The van der Waals surface area contributed by atoms with Crippen LogP contribution in [-0.4, -0.2) is 44.1 Å². The highest BCUT2D eigenvalue weighted by molar-refractivity contribution is 5.78. The van der Waals surface area contributed by atoms with Gasteiger partial charge in [0.1, 0.15) is 5.75 Å². The number of nitrogens with zero attached hydrogens (tertiary/aromatic N) is 1. The van der Waals surface area contributed by atoms with Gasteiger partial charge in [0.15, 0.2) is 0 Å². The maximum absolute atomic E-state index is 11.6. The first-order chi connectivity index (χ1) is 9.67. The number of carbonyl (C=O) groups is 1. The first-order valence-corrected chi connectivity index (χ1v) is 7.28. The average Bonchev–Trinajstić information content (AvgIpc) is 3.23. The quantitative estimate of drug-likeness (QED) is 0.787. The molecule has 4 heteroatoms. The SMILES string of the molecule is COc1ccc(CCCN(C)CC(=O)NC2CC2)cc1. The molecule has 1 amide bonds. The van der Waals surface area contributed by atoms with E-state index in [0.717, 1.165) is 38.0 Å². The maximum atomic E-state index is 11.6. The van der Waals surface area contributed by atoms with Gasteiger partial charge in [-0.15, -0.1) is 0 Å². The zero-order valence-corrected chi connectivity index (χ0v) is 12.4. The van der Waals surface area contributed by atoms with Crippen molar-refractivity contribution in [3.63, 3.8) is 0 Å². The van der Waals surface area contributed by atoms with Crippen LogP contribution in [0.15, 0.2) is 24.3 Å². The molecule has 1 saturated carbocycles. The third-order valence-corrected chi connectivity index (χ3v) is 3.52. The number of rotatable bonds is 8. The van der Waals surface area contributed by atoms with E-state index in [9.17, 15) is 4.79 Å². The van der Waals surface area contributed by atoms with E-state index in [1.165, 1.54) is 5.56 Å². The van der Waals surface area contributed by atoms with Crippen LogP contribution in [0.1, 0.15) is 24.8 Å². The lowest BCUT2D eigenvalue weighted by molar-refractivity contribution is -0.122. The van der Waals surface area contributed by atoms with Gasteiger partial charge in [-0.3, -0.25) is 9.69 Å². The van der Waals surface area contributed by atoms with Crippen molar-refractivity contribution in [3.8, 4) is 5.75 Å². The Bertz CT molecular complexity index is 427. The molecule has 20 heavy (non-hydrogen) atoms. The van der Waals surface area contributed by atoms with Crippen LogP contribution in [0.3, 0.4) is 0 Å². The molecule has 1 aliphatic rings. The van der Waals surface area contributed by atoms with Gasteiger partial charge >= 0.3 is 0 Å². The summed E-state index contributed by atoms with van der Waals surface area (Å²) < 4.78 is 5.14. The van der Waals surface area contributed by atoms with E-state index < -0.39 is 0 Å². The van der Waals surface area contributed by atoms with Crippen molar-refractivity contribution in [1.82, 2.24) is 10.2 Å². The first kappa shape index (κ1) is 14.9. The lowest BCUT2D eigenvalue weighted by atomic mass is 10.1. The Morgan fingerprint density at radius 1 is 1.35 bits per heavy atom. The van der Waals surface area contributed by atoms with E-state index in [1.54, 1.807) is 7.11 Å². The molecule has 0 aliphatic heterocycles. The summed E-state index contributed by atoms with van der Waals surface area (Å²) >= 11 is 0. The molecular weight excluding hydrogens is 252 g/mol. The van der Waals surface area contributed by atoms with Gasteiger partial charge < -0.3 is 10.1 Å². The van der Waals surface area contributed by atoms with Crippen molar-refractivity contribution in [2.45, 2.75) is 31.7 Å². The lowest BCUT2D eigenvalue weighted by Crippen LogP contribution is -2.36. The van der Waals surface area contributed by atoms with Crippen LogP contribution >= 0.6 is 0 Å². The van der Waals surface area contributed by atoms with Gasteiger partial charge in [0, 0.05) is 6.04 Å². The molecule has 0 spiro atoms. The van der Waals surface area contributed by atoms with Crippen LogP contribution in [0.4, 0.5) is 0 Å². The van der Waals surface area contributed by atoms with Gasteiger partial charge in [-0.25, -0.2) is 0 Å². The number of ether oxygens (including phenoxy) is 1. The summed E-state index contributed by atoms with van der Waals surface area (Å²) in [6.45, 7) is 1.43. The summed E-state index contributed by atoms with van der Waals surface area (Å²) in [7, 11) is 3.68. The van der Waals surface area contributed by atoms with Gasteiger partial charge in [-0.05, 0) is 57.0 Å². The number of methoxy groups -OCH3 is 1. The van der Waals surface area contributed by atoms with Crippen molar-refractivity contribution < 1.29 is 9.53 Å². The number of benzene rings is 1. The second-order valence-electron chi connectivity index (χ2n) is 5.53. The summed E-state index contributed by atoms with van der Waals surface area (Å²) in [4.78, 5) is 13.7. The Balaban J connectivity index is 1.62. The maximum Gasteiger partial charge on any atom is 0.234 e. The highest BCUT2D eigenvalue weighted by atomic mass is 16.5. The van der Waals surface area contributed by atoms with Crippen molar-refractivity contribution in [1.29, 1.82) is 0 Å². The Hall–Kier alpha value is -1.55. The number of aryl methyl sites for hydroxylation is 1. The summed E-state index contributed by atoms with van der Waals surface area (Å²) in [6, 6.07) is 8.62. The summed E-state index contributed by atoms with van der Waals surface area (Å²) in [6.07, 6.45) is 4.37. The van der Waals surface area contributed by atoms with Crippen LogP contribution in [0, 0.1) is 0 Å². The molecule has 4 nitrogen and oxygen atoms in total. The van der Waals surface area contributed by atoms with Gasteiger partial charge in [0.2, 0.25) is 5.91 Å². The molecule has 0 aromatic heterocycles. The molecule has 0 saturated heterocycles. The van der Waals surface area contributed by atoms with E-state index in [1.807, 2.05) is 19.2 Å². The number of hydrogen-bond donors (Lipinski definition) is 1. The van der Waals surface area contributed by atoms with Gasteiger partial charge in [-0.1, -0.05) is 12.1 Å². The second kappa shape index (κ2) is 7.29. The van der Waals surface area contributed by atoms with Crippen LogP contribution < -0.4 is 10.1 Å². The standard InChI is InChI=1S/C16H24N2O2/c1-18(12-16(19)17-14-7-8-14)11-3-4-13-5-9-15(20-2)10-6-13/h5-6,9-10,14H,3-4,7-8,11-12H2,1-2H3,(H,17,19). The largest absolute Gasteiger partial charge is 0.497 e. The molecule has 1 aromatic carbocycles. The molecular formula is C16H24N2O2. The van der Waals surface area contributed by atoms with E-state index in [-0.39, 0.29) is 5.91 Å². The predicted molar refractivity (Wildman–Crippen MR) is 80.0 cm³/mol. The molecule has 0 radical (unpaired) electrons. The van der Waals surface area contributed by atoms with E-state index >= 15 is 0 Å².